The molecule has 0 bridgehead atoms. The smallest absolute Gasteiger partial charge is 0.233 e. The highest BCUT2D eigenvalue weighted by molar-refractivity contribution is 7.91. The van der Waals surface area contributed by atoms with Crippen molar-refractivity contribution in [3.63, 3.8) is 0 Å². The average Bonchev–Trinajstić information content (AvgIpc) is 3.07. The molecule has 5 nitrogen and oxygen atoms in total. The standard InChI is InChI=1S/C21H24N2O3S/c1-4-5-13-22-20-21(27(24,25)18-11-9-15(2)10-12-18)23-19(26-20)17-8-6-7-16(3)14-17/h6-12,14,22H,4-5,13H2,1-3H3. The van der Waals surface area contributed by atoms with Crippen LogP contribution in [-0.2, 0) is 9.84 Å². The van der Waals surface area contributed by atoms with Crippen molar-refractivity contribution in [1.82, 2.24) is 4.98 Å². The Balaban J connectivity index is 2.07. The molecule has 0 unspecified atom stereocenters. The fourth-order valence-corrected chi connectivity index (χ4v) is 3.99. The van der Waals surface area contributed by atoms with E-state index in [1.807, 2.05) is 38.1 Å². The Morgan fingerprint density at radius 3 is 2.44 bits per heavy atom. The lowest BCUT2D eigenvalue weighted by Gasteiger charge is -2.05. The van der Waals surface area contributed by atoms with Gasteiger partial charge in [0.2, 0.25) is 26.6 Å². The summed E-state index contributed by atoms with van der Waals surface area (Å²) < 4.78 is 32.1. The zero-order chi connectivity index (χ0) is 19.4. The molecule has 0 spiro atoms. The van der Waals surface area contributed by atoms with Gasteiger partial charge in [-0.3, -0.25) is 0 Å². The van der Waals surface area contributed by atoms with E-state index in [2.05, 4.69) is 17.2 Å². The number of benzene rings is 2. The number of aryl methyl sites for hydroxylation is 2. The number of nitrogens with one attached hydrogen (secondary N) is 1. The third-order valence-electron chi connectivity index (χ3n) is 4.26. The molecule has 3 aromatic rings. The summed E-state index contributed by atoms with van der Waals surface area (Å²) in [5.74, 6) is 0.490. The minimum Gasteiger partial charge on any atom is -0.419 e. The molecule has 1 aromatic heterocycles. The van der Waals surface area contributed by atoms with Crippen LogP contribution in [0, 0.1) is 13.8 Å². The minimum atomic E-state index is -3.79. The fraction of sp³-hybridized carbons (Fsp3) is 0.286. The van der Waals surface area contributed by atoms with Crippen LogP contribution in [0.25, 0.3) is 11.5 Å². The van der Waals surface area contributed by atoms with Gasteiger partial charge >= 0.3 is 0 Å². The lowest BCUT2D eigenvalue weighted by molar-refractivity contribution is 0.575. The first-order chi connectivity index (χ1) is 12.9. The van der Waals surface area contributed by atoms with Gasteiger partial charge in [0.15, 0.2) is 0 Å². The van der Waals surface area contributed by atoms with Crippen LogP contribution >= 0.6 is 0 Å². The Morgan fingerprint density at radius 2 is 1.78 bits per heavy atom. The Kier molecular flexibility index (Phi) is 5.65. The number of aromatic nitrogens is 1. The van der Waals surface area contributed by atoms with Crippen molar-refractivity contribution < 1.29 is 12.8 Å². The first-order valence-corrected chi connectivity index (χ1v) is 10.5. The van der Waals surface area contributed by atoms with Crippen molar-refractivity contribution in [2.45, 2.75) is 43.5 Å². The first-order valence-electron chi connectivity index (χ1n) is 9.05. The first kappa shape index (κ1) is 19.2. The van der Waals surface area contributed by atoms with Gasteiger partial charge in [0.1, 0.15) is 0 Å². The molecule has 0 aliphatic rings. The van der Waals surface area contributed by atoms with Crippen LogP contribution in [0.15, 0.2) is 62.9 Å². The van der Waals surface area contributed by atoms with E-state index < -0.39 is 9.84 Å². The summed E-state index contributed by atoms with van der Waals surface area (Å²) in [5.41, 5.74) is 2.80. The van der Waals surface area contributed by atoms with E-state index in [0.717, 1.165) is 29.5 Å². The van der Waals surface area contributed by atoms with Crippen molar-refractivity contribution in [3.8, 4) is 11.5 Å². The molecule has 142 valence electrons. The summed E-state index contributed by atoms with van der Waals surface area (Å²) in [6, 6.07) is 14.4. The van der Waals surface area contributed by atoms with E-state index in [-0.39, 0.29) is 15.8 Å². The fourth-order valence-electron chi connectivity index (χ4n) is 2.71. The molecule has 0 saturated heterocycles. The number of hydrogen-bond acceptors (Lipinski definition) is 5. The minimum absolute atomic E-state index is 0.0704. The average molecular weight is 385 g/mol. The second-order valence-corrected chi connectivity index (χ2v) is 8.48. The second kappa shape index (κ2) is 7.96. The van der Waals surface area contributed by atoms with Gasteiger partial charge in [0.25, 0.3) is 0 Å². The van der Waals surface area contributed by atoms with E-state index in [0.29, 0.717) is 12.4 Å². The van der Waals surface area contributed by atoms with Crippen LogP contribution in [0.3, 0.4) is 0 Å². The molecule has 0 aliphatic carbocycles. The lowest BCUT2D eigenvalue weighted by atomic mass is 10.1. The van der Waals surface area contributed by atoms with Crippen molar-refractivity contribution >= 4 is 15.7 Å². The maximum absolute atomic E-state index is 13.1. The largest absolute Gasteiger partial charge is 0.419 e. The number of sulfone groups is 1. The molecule has 0 saturated carbocycles. The quantitative estimate of drug-likeness (QED) is 0.580. The van der Waals surface area contributed by atoms with Gasteiger partial charge in [-0.05, 0) is 44.5 Å². The van der Waals surface area contributed by atoms with Crippen LogP contribution in [0.2, 0.25) is 0 Å². The number of oxazole rings is 1. The molecule has 6 heteroatoms. The summed E-state index contributed by atoms with van der Waals surface area (Å²) in [4.78, 5) is 4.56. The normalized spacial score (nSPS) is 11.5. The lowest BCUT2D eigenvalue weighted by Crippen LogP contribution is -2.08. The molecule has 1 N–H and O–H groups in total. The SMILES string of the molecule is CCCCNc1oc(-c2cccc(C)c2)nc1S(=O)(=O)c1ccc(C)cc1. The molecule has 27 heavy (non-hydrogen) atoms. The number of rotatable bonds is 7. The molecule has 0 radical (unpaired) electrons. The Morgan fingerprint density at radius 1 is 1.04 bits per heavy atom. The molecular formula is C21H24N2O3S. The van der Waals surface area contributed by atoms with E-state index in [1.165, 1.54) is 0 Å². The molecular weight excluding hydrogens is 360 g/mol. The van der Waals surface area contributed by atoms with Gasteiger partial charge in [-0.15, -0.1) is 0 Å². The third-order valence-corrected chi connectivity index (χ3v) is 5.94. The number of hydrogen-bond donors (Lipinski definition) is 1. The number of anilines is 1. The van der Waals surface area contributed by atoms with Crippen LogP contribution in [0.1, 0.15) is 30.9 Å². The summed E-state index contributed by atoms with van der Waals surface area (Å²) >= 11 is 0. The zero-order valence-corrected chi connectivity index (χ0v) is 16.6. The van der Waals surface area contributed by atoms with Crippen LogP contribution in [0.5, 0.6) is 0 Å². The third kappa shape index (κ3) is 4.22. The maximum atomic E-state index is 13.1. The predicted octanol–water partition coefficient (Wildman–Crippen LogP) is 5.00. The molecule has 0 aliphatic heterocycles. The highest BCUT2D eigenvalue weighted by Gasteiger charge is 2.28. The van der Waals surface area contributed by atoms with Gasteiger partial charge in [0, 0.05) is 12.1 Å². The Bertz CT molecular complexity index is 1020. The molecule has 0 fully saturated rings. The maximum Gasteiger partial charge on any atom is 0.233 e. The summed E-state index contributed by atoms with van der Waals surface area (Å²) in [5, 5.41) is 3.03. The van der Waals surface area contributed by atoms with E-state index in [4.69, 9.17) is 4.42 Å². The Hall–Kier alpha value is -2.60. The van der Waals surface area contributed by atoms with Crippen molar-refractivity contribution in [1.29, 1.82) is 0 Å². The van der Waals surface area contributed by atoms with Crippen molar-refractivity contribution in [2.75, 3.05) is 11.9 Å². The van der Waals surface area contributed by atoms with Gasteiger partial charge in [-0.1, -0.05) is 48.7 Å². The monoisotopic (exact) mass is 384 g/mol. The van der Waals surface area contributed by atoms with Crippen molar-refractivity contribution in [3.05, 3.63) is 59.7 Å². The molecule has 1 heterocycles. The summed E-state index contributed by atoms with van der Waals surface area (Å²) in [6.07, 6.45) is 1.90. The Labute approximate surface area is 160 Å². The van der Waals surface area contributed by atoms with Crippen molar-refractivity contribution in [2.24, 2.45) is 0 Å². The molecule has 0 amide bonds. The predicted molar refractivity (Wildman–Crippen MR) is 107 cm³/mol. The molecule has 3 rings (SSSR count). The summed E-state index contributed by atoms with van der Waals surface area (Å²) in [6.45, 7) is 6.58. The molecule has 2 aromatic carbocycles. The van der Waals surface area contributed by atoms with Crippen LogP contribution in [0.4, 0.5) is 5.88 Å². The van der Waals surface area contributed by atoms with Crippen LogP contribution in [-0.4, -0.2) is 19.9 Å². The van der Waals surface area contributed by atoms with Gasteiger partial charge < -0.3 is 9.73 Å². The highest BCUT2D eigenvalue weighted by atomic mass is 32.2. The second-order valence-electron chi connectivity index (χ2n) is 6.62. The van der Waals surface area contributed by atoms with E-state index in [9.17, 15) is 8.42 Å². The van der Waals surface area contributed by atoms with E-state index >= 15 is 0 Å². The molecule has 0 atom stereocenters. The van der Waals surface area contributed by atoms with Crippen LogP contribution < -0.4 is 5.32 Å². The van der Waals surface area contributed by atoms with Gasteiger partial charge in [0.05, 0.1) is 4.90 Å². The topological polar surface area (TPSA) is 72.2 Å². The number of unbranched alkanes of at least 4 members (excludes halogenated alkanes) is 1. The van der Waals surface area contributed by atoms with Gasteiger partial charge in [-0.2, -0.15) is 4.98 Å². The highest BCUT2D eigenvalue weighted by Crippen LogP contribution is 2.32. The summed E-state index contributed by atoms with van der Waals surface area (Å²) in [7, 11) is -3.79. The zero-order valence-electron chi connectivity index (χ0n) is 15.8. The van der Waals surface area contributed by atoms with E-state index in [1.54, 1.807) is 24.3 Å². The van der Waals surface area contributed by atoms with Gasteiger partial charge in [-0.25, -0.2) is 8.42 Å². The number of nitrogens with zero attached hydrogens (tertiary/aromatic N) is 1.